The summed E-state index contributed by atoms with van der Waals surface area (Å²) in [5.74, 6) is 0. The highest BCUT2D eigenvalue weighted by Gasteiger charge is 2.11. The Labute approximate surface area is 130 Å². The molecule has 22 heavy (non-hydrogen) atoms. The summed E-state index contributed by atoms with van der Waals surface area (Å²) >= 11 is 0. The second kappa shape index (κ2) is 6.31. The number of nitrogens with zero attached hydrogens (tertiary/aromatic N) is 3. The molecule has 0 bridgehead atoms. The van der Waals surface area contributed by atoms with Gasteiger partial charge in [0.1, 0.15) is 12.7 Å². The second-order valence-corrected chi connectivity index (χ2v) is 5.29. The molecule has 0 saturated carbocycles. The highest BCUT2D eigenvalue weighted by atomic mass is 14.9. The molecule has 0 spiro atoms. The Morgan fingerprint density at radius 2 is 1.64 bits per heavy atom. The first kappa shape index (κ1) is 14.1. The predicted octanol–water partition coefficient (Wildman–Crippen LogP) is 3.45. The summed E-state index contributed by atoms with van der Waals surface area (Å²) in [4.78, 5) is 8.53. The summed E-state index contributed by atoms with van der Waals surface area (Å²) in [6, 6.07) is 12.3. The molecule has 0 fully saturated rings. The Balaban J connectivity index is 1.93. The van der Waals surface area contributed by atoms with Gasteiger partial charge < -0.3 is 0 Å². The molecule has 0 aliphatic heterocycles. The summed E-state index contributed by atoms with van der Waals surface area (Å²) in [6.07, 6.45) is 11.7. The number of rotatable bonds is 3. The zero-order chi connectivity index (χ0) is 15.4. The topological polar surface area (TPSA) is 29.7 Å². The molecule has 3 aromatic rings. The van der Waals surface area contributed by atoms with Crippen molar-refractivity contribution in [3.63, 3.8) is 0 Å². The van der Waals surface area contributed by atoms with Gasteiger partial charge in [-0.1, -0.05) is 12.2 Å². The Kier molecular flexibility index (Phi) is 4.05. The van der Waals surface area contributed by atoms with E-state index < -0.39 is 0 Å². The number of aryl methyl sites for hydroxylation is 2. The monoisotopic (exact) mass is 288 g/mol. The summed E-state index contributed by atoms with van der Waals surface area (Å²) < 4.78 is 2.09. The van der Waals surface area contributed by atoms with Crippen molar-refractivity contribution in [2.24, 2.45) is 7.05 Å². The maximum atomic E-state index is 4.50. The average molecular weight is 288 g/mol. The number of hydrogen-bond acceptors (Lipinski definition) is 2. The minimum absolute atomic E-state index is 0.975. The lowest BCUT2D eigenvalue weighted by atomic mass is 10.1. The van der Waals surface area contributed by atoms with E-state index in [1.807, 2.05) is 31.4 Å². The molecule has 0 radical (unpaired) electrons. The second-order valence-electron chi connectivity index (χ2n) is 5.29. The van der Waals surface area contributed by atoms with E-state index >= 15 is 0 Å². The van der Waals surface area contributed by atoms with Gasteiger partial charge in [-0.25, -0.2) is 4.98 Å². The summed E-state index contributed by atoms with van der Waals surface area (Å²) in [6.45, 7) is 2.09. The van der Waals surface area contributed by atoms with E-state index in [9.17, 15) is 0 Å². The lowest BCUT2D eigenvalue weighted by Gasteiger charge is -2.02. The fourth-order valence-electron chi connectivity index (χ4n) is 2.29. The Bertz CT molecular complexity index is 808. The average Bonchev–Trinajstić information content (AvgIpc) is 2.56. The van der Waals surface area contributed by atoms with Crippen LogP contribution in [0.1, 0.15) is 16.7 Å². The van der Waals surface area contributed by atoms with Gasteiger partial charge in [-0.05, 0) is 47.9 Å². The van der Waals surface area contributed by atoms with Crippen molar-refractivity contribution in [2.75, 3.05) is 0 Å². The van der Waals surface area contributed by atoms with Crippen LogP contribution in [0.2, 0.25) is 0 Å². The Morgan fingerprint density at radius 1 is 0.909 bits per heavy atom. The molecule has 0 amide bonds. The minimum atomic E-state index is 0.975. The van der Waals surface area contributed by atoms with Crippen LogP contribution in [0.25, 0.3) is 23.5 Å². The quantitative estimate of drug-likeness (QED) is 0.691. The summed E-state index contributed by atoms with van der Waals surface area (Å²) in [5, 5.41) is 0. The van der Waals surface area contributed by atoms with Gasteiger partial charge >= 0.3 is 0 Å². The molecule has 0 unspecified atom stereocenters. The molecule has 0 aliphatic carbocycles. The summed E-state index contributed by atoms with van der Waals surface area (Å²) in [5.41, 5.74) is 5.58. The van der Waals surface area contributed by atoms with Crippen molar-refractivity contribution in [3.8, 4) is 11.4 Å². The molecule has 3 aromatic heterocycles. The lowest BCUT2D eigenvalue weighted by Crippen LogP contribution is -2.30. The number of pyridine rings is 3. The van der Waals surface area contributed by atoms with Gasteiger partial charge in [-0.3, -0.25) is 4.98 Å². The zero-order valence-corrected chi connectivity index (χ0v) is 12.8. The smallest absolute Gasteiger partial charge is 0.231 e. The molecule has 3 heteroatoms. The van der Waals surface area contributed by atoms with Crippen LogP contribution in [0.3, 0.4) is 0 Å². The van der Waals surface area contributed by atoms with Gasteiger partial charge in [0, 0.05) is 30.7 Å². The van der Waals surface area contributed by atoms with Crippen LogP contribution in [0.4, 0.5) is 0 Å². The van der Waals surface area contributed by atoms with Crippen LogP contribution < -0.4 is 4.57 Å². The standard InChI is InChI=1S/C19H18N3/c1-15-8-12-22(2)19(13-15)18-14-17(7-11-21-18)4-3-16-5-9-20-10-6-16/h3-14H,1-2H3/q+1. The van der Waals surface area contributed by atoms with E-state index in [1.165, 1.54) is 5.56 Å². The highest BCUT2D eigenvalue weighted by Crippen LogP contribution is 2.16. The molecule has 3 rings (SSSR count). The van der Waals surface area contributed by atoms with Crippen molar-refractivity contribution < 1.29 is 4.57 Å². The third kappa shape index (κ3) is 3.26. The highest BCUT2D eigenvalue weighted by molar-refractivity contribution is 5.71. The summed E-state index contributed by atoms with van der Waals surface area (Å²) in [7, 11) is 2.04. The predicted molar refractivity (Wildman–Crippen MR) is 88.8 cm³/mol. The zero-order valence-electron chi connectivity index (χ0n) is 12.8. The largest absolute Gasteiger partial charge is 0.265 e. The van der Waals surface area contributed by atoms with Gasteiger partial charge in [-0.15, -0.1) is 0 Å². The molecular formula is C19H18N3+. The molecule has 3 nitrogen and oxygen atoms in total. The third-order valence-corrected chi connectivity index (χ3v) is 3.53. The normalized spacial score (nSPS) is 11.0. The first-order chi connectivity index (χ1) is 10.7. The van der Waals surface area contributed by atoms with Crippen molar-refractivity contribution >= 4 is 12.2 Å². The molecule has 0 saturated heterocycles. The SMILES string of the molecule is Cc1cc[n+](C)c(-c2cc(C=Cc3ccncc3)ccn2)c1. The molecule has 108 valence electrons. The van der Waals surface area contributed by atoms with Crippen LogP contribution in [-0.4, -0.2) is 9.97 Å². The van der Waals surface area contributed by atoms with E-state index in [0.717, 1.165) is 22.5 Å². The van der Waals surface area contributed by atoms with E-state index in [0.29, 0.717) is 0 Å². The lowest BCUT2D eigenvalue weighted by molar-refractivity contribution is -0.660. The van der Waals surface area contributed by atoms with Crippen LogP contribution >= 0.6 is 0 Å². The maximum Gasteiger partial charge on any atom is 0.231 e. The Morgan fingerprint density at radius 3 is 2.45 bits per heavy atom. The van der Waals surface area contributed by atoms with Crippen molar-refractivity contribution in [1.82, 2.24) is 9.97 Å². The van der Waals surface area contributed by atoms with Gasteiger partial charge in [-0.2, -0.15) is 4.57 Å². The van der Waals surface area contributed by atoms with Crippen molar-refractivity contribution in [3.05, 3.63) is 77.9 Å². The Hall–Kier alpha value is -2.81. The first-order valence-corrected chi connectivity index (χ1v) is 7.23. The van der Waals surface area contributed by atoms with Gasteiger partial charge in [0.2, 0.25) is 5.69 Å². The van der Waals surface area contributed by atoms with Crippen molar-refractivity contribution in [1.29, 1.82) is 0 Å². The first-order valence-electron chi connectivity index (χ1n) is 7.23. The maximum absolute atomic E-state index is 4.50. The van der Waals surface area contributed by atoms with Crippen molar-refractivity contribution in [2.45, 2.75) is 6.92 Å². The number of aromatic nitrogens is 3. The van der Waals surface area contributed by atoms with E-state index in [-0.39, 0.29) is 0 Å². The molecule has 0 aromatic carbocycles. The van der Waals surface area contributed by atoms with E-state index in [4.69, 9.17) is 0 Å². The fourth-order valence-corrected chi connectivity index (χ4v) is 2.29. The van der Waals surface area contributed by atoms with Crippen LogP contribution in [0.15, 0.2) is 61.2 Å². The van der Waals surface area contributed by atoms with Gasteiger partial charge in [0.05, 0.1) is 0 Å². The molecule has 0 N–H and O–H groups in total. The van der Waals surface area contributed by atoms with Gasteiger partial charge in [0.15, 0.2) is 6.20 Å². The molecule has 3 heterocycles. The molecular weight excluding hydrogens is 270 g/mol. The fraction of sp³-hybridized carbons (Fsp3) is 0.105. The van der Waals surface area contributed by atoms with E-state index in [2.05, 4.69) is 58.0 Å². The van der Waals surface area contributed by atoms with Crippen LogP contribution in [-0.2, 0) is 7.05 Å². The van der Waals surface area contributed by atoms with Crippen LogP contribution in [0, 0.1) is 6.92 Å². The minimum Gasteiger partial charge on any atom is -0.265 e. The van der Waals surface area contributed by atoms with Crippen LogP contribution in [0.5, 0.6) is 0 Å². The third-order valence-electron chi connectivity index (χ3n) is 3.53. The molecule has 0 aliphatic rings. The molecule has 0 atom stereocenters. The van der Waals surface area contributed by atoms with E-state index in [1.54, 1.807) is 12.4 Å². The number of hydrogen-bond donors (Lipinski definition) is 0. The van der Waals surface area contributed by atoms with Gasteiger partial charge in [0.25, 0.3) is 0 Å².